The average molecular weight is 262 g/mol. The summed E-state index contributed by atoms with van der Waals surface area (Å²) in [6, 6.07) is 3.17. The molecule has 1 heterocycles. The number of aromatic nitrogens is 1. The molecule has 0 bridgehead atoms. The van der Waals surface area contributed by atoms with Gasteiger partial charge in [-0.15, -0.1) is 0 Å². The van der Waals surface area contributed by atoms with Crippen molar-refractivity contribution in [1.29, 1.82) is 0 Å². The first kappa shape index (κ1) is 13.6. The highest BCUT2D eigenvalue weighted by molar-refractivity contribution is 5.94. The number of aryl methyl sites for hydroxylation is 1. The Balaban J connectivity index is 2.76. The van der Waals surface area contributed by atoms with Crippen LogP contribution in [0.5, 0.6) is 5.75 Å². The highest BCUT2D eigenvalue weighted by Gasteiger charge is 2.13. The summed E-state index contributed by atoms with van der Waals surface area (Å²) in [5.41, 5.74) is 3.74. The van der Waals surface area contributed by atoms with E-state index in [1.165, 1.54) is 6.07 Å². The number of hydrogen-bond acceptors (Lipinski definition) is 3. The van der Waals surface area contributed by atoms with Crippen molar-refractivity contribution in [2.75, 3.05) is 19.0 Å². The number of fused-ring (bicyclic) bond motifs is 1. The number of anilines is 1. The largest absolute Gasteiger partial charge is 0.491 e. The van der Waals surface area contributed by atoms with E-state index in [0.29, 0.717) is 12.1 Å². The van der Waals surface area contributed by atoms with Crippen LogP contribution in [0.25, 0.3) is 10.9 Å². The number of benzene rings is 1. The molecule has 0 saturated carbocycles. The average Bonchev–Trinajstić information content (AvgIpc) is 2.40. The van der Waals surface area contributed by atoms with E-state index in [4.69, 9.17) is 4.74 Å². The smallest absolute Gasteiger partial charge is 0.167 e. The predicted molar refractivity (Wildman–Crippen MR) is 76.5 cm³/mol. The molecular formula is C15H19FN2O. The van der Waals surface area contributed by atoms with Gasteiger partial charge in [0, 0.05) is 29.9 Å². The highest BCUT2D eigenvalue weighted by Crippen LogP contribution is 2.32. The van der Waals surface area contributed by atoms with Crippen molar-refractivity contribution in [3.8, 4) is 5.75 Å². The summed E-state index contributed by atoms with van der Waals surface area (Å²) < 4.78 is 19.2. The number of nitrogens with one attached hydrogen (secondary N) is 1. The minimum Gasteiger partial charge on any atom is -0.491 e. The van der Waals surface area contributed by atoms with Crippen molar-refractivity contribution >= 4 is 16.6 Å². The Labute approximate surface area is 112 Å². The van der Waals surface area contributed by atoms with E-state index in [1.54, 1.807) is 6.07 Å². The van der Waals surface area contributed by atoms with Gasteiger partial charge in [0.2, 0.25) is 0 Å². The van der Waals surface area contributed by atoms with Crippen molar-refractivity contribution in [2.24, 2.45) is 0 Å². The topological polar surface area (TPSA) is 34.1 Å². The standard InChI is InChI=1S/C15H19FN2O/c1-5-12-9(3)15(17-4)10-7-14(19-6-2)11(16)8-13(10)18-12/h7-8H,5-6H2,1-4H3,(H,17,18). The van der Waals surface area contributed by atoms with Crippen LogP contribution in [-0.2, 0) is 6.42 Å². The summed E-state index contributed by atoms with van der Waals surface area (Å²) in [7, 11) is 1.87. The summed E-state index contributed by atoms with van der Waals surface area (Å²) in [6.07, 6.45) is 0.825. The Morgan fingerprint density at radius 3 is 2.63 bits per heavy atom. The Kier molecular flexibility index (Phi) is 3.88. The van der Waals surface area contributed by atoms with Crippen LogP contribution >= 0.6 is 0 Å². The molecule has 3 nitrogen and oxygen atoms in total. The van der Waals surface area contributed by atoms with Crippen LogP contribution in [0.1, 0.15) is 25.1 Å². The number of rotatable bonds is 4. The van der Waals surface area contributed by atoms with E-state index in [1.807, 2.05) is 27.8 Å². The molecule has 0 aliphatic heterocycles. The minimum atomic E-state index is -0.366. The summed E-state index contributed by atoms with van der Waals surface area (Å²) in [5, 5.41) is 4.07. The zero-order valence-electron chi connectivity index (χ0n) is 11.8. The van der Waals surface area contributed by atoms with Crippen LogP contribution in [0.3, 0.4) is 0 Å². The maximum absolute atomic E-state index is 13.9. The van der Waals surface area contributed by atoms with Crippen molar-refractivity contribution in [2.45, 2.75) is 27.2 Å². The lowest BCUT2D eigenvalue weighted by Crippen LogP contribution is -2.02. The molecule has 102 valence electrons. The summed E-state index contributed by atoms with van der Waals surface area (Å²) >= 11 is 0. The number of pyridine rings is 1. The van der Waals surface area contributed by atoms with Gasteiger partial charge in [-0.05, 0) is 31.9 Å². The van der Waals surface area contributed by atoms with Gasteiger partial charge in [-0.25, -0.2) is 4.39 Å². The summed E-state index contributed by atoms with van der Waals surface area (Å²) in [5.74, 6) is -0.0910. The lowest BCUT2D eigenvalue weighted by molar-refractivity contribution is 0.322. The van der Waals surface area contributed by atoms with Gasteiger partial charge in [-0.3, -0.25) is 4.98 Å². The SMILES string of the molecule is CCOc1cc2c(NC)c(C)c(CC)nc2cc1F. The van der Waals surface area contributed by atoms with Gasteiger partial charge in [0.05, 0.1) is 12.1 Å². The molecule has 0 unspecified atom stereocenters. The molecule has 4 heteroatoms. The van der Waals surface area contributed by atoms with E-state index >= 15 is 0 Å². The number of halogens is 1. The zero-order chi connectivity index (χ0) is 14.0. The molecule has 2 aromatic rings. The lowest BCUT2D eigenvalue weighted by atomic mass is 10.0. The molecule has 1 aromatic carbocycles. The molecule has 2 rings (SSSR count). The highest BCUT2D eigenvalue weighted by atomic mass is 19.1. The van der Waals surface area contributed by atoms with Gasteiger partial charge in [-0.1, -0.05) is 6.92 Å². The Morgan fingerprint density at radius 1 is 1.32 bits per heavy atom. The van der Waals surface area contributed by atoms with Crippen molar-refractivity contribution in [1.82, 2.24) is 4.98 Å². The van der Waals surface area contributed by atoms with Gasteiger partial charge in [-0.2, -0.15) is 0 Å². The third-order valence-electron chi connectivity index (χ3n) is 3.27. The number of nitrogens with zero attached hydrogens (tertiary/aromatic N) is 1. The molecule has 0 spiro atoms. The zero-order valence-corrected chi connectivity index (χ0v) is 11.8. The van der Waals surface area contributed by atoms with Crippen molar-refractivity contribution in [3.05, 3.63) is 29.2 Å². The van der Waals surface area contributed by atoms with Crippen LogP contribution in [-0.4, -0.2) is 18.6 Å². The fourth-order valence-electron chi connectivity index (χ4n) is 2.34. The molecule has 0 aliphatic carbocycles. The molecule has 19 heavy (non-hydrogen) atoms. The van der Waals surface area contributed by atoms with Crippen LogP contribution in [0.15, 0.2) is 12.1 Å². The van der Waals surface area contributed by atoms with Crippen molar-refractivity contribution < 1.29 is 9.13 Å². The van der Waals surface area contributed by atoms with Gasteiger partial charge >= 0.3 is 0 Å². The molecule has 0 atom stereocenters. The van der Waals surface area contributed by atoms with Gasteiger partial charge in [0.15, 0.2) is 11.6 Å². The summed E-state index contributed by atoms with van der Waals surface area (Å²) in [6.45, 7) is 6.36. The first-order valence-electron chi connectivity index (χ1n) is 6.55. The number of hydrogen-bond donors (Lipinski definition) is 1. The Hall–Kier alpha value is -1.84. The Morgan fingerprint density at radius 2 is 2.05 bits per heavy atom. The van der Waals surface area contributed by atoms with Gasteiger partial charge < -0.3 is 10.1 Å². The maximum atomic E-state index is 13.9. The molecule has 0 aliphatic rings. The van der Waals surface area contributed by atoms with Crippen LogP contribution in [0, 0.1) is 12.7 Å². The fourth-order valence-corrected chi connectivity index (χ4v) is 2.34. The first-order valence-corrected chi connectivity index (χ1v) is 6.55. The van der Waals surface area contributed by atoms with Crippen LogP contribution in [0.2, 0.25) is 0 Å². The second kappa shape index (κ2) is 5.43. The first-order chi connectivity index (χ1) is 9.12. The molecule has 1 N–H and O–H groups in total. The molecule has 0 fully saturated rings. The van der Waals surface area contributed by atoms with Gasteiger partial charge in [0.1, 0.15) is 0 Å². The van der Waals surface area contributed by atoms with E-state index < -0.39 is 0 Å². The normalized spacial score (nSPS) is 10.8. The fraction of sp³-hybridized carbons (Fsp3) is 0.400. The third kappa shape index (κ3) is 2.35. The summed E-state index contributed by atoms with van der Waals surface area (Å²) in [4.78, 5) is 4.53. The molecular weight excluding hydrogens is 243 g/mol. The van der Waals surface area contributed by atoms with E-state index in [9.17, 15) is 4.39 Å². The third-order valence-corrected chi connectivity index (χ3v) is 3.27. The van der Waals surface area contributed by atoms with Gasteiger partial charge in [0.25, 0.3) is 0 Å². The van der Waals surface area contributed by atoms with Crippen LogP contribution < -0.4 is 10.1 Å². The van der Waals surface area contributed by atoms with E-state index in [2.05, 4.69) is 10.3 Å². The van der Waals surface area contributed by atoms with Crippen LogP contribution in [0.4, 0.5) is 10.1 Å². The monoisotopic (exact) mass is 262 g/mol. The minimum absolute atomic E-state index is 0.275. The maximum Gasteiger partial charge on any atom is 0.167 e. The molecule has 1 aromatic heterocycles. The lowest BCUT2D eigenvalue weighted by Gasteiger charge is -2.14. The van der Waals surface area contributed by atoms with E-state index in [0.717, 1.165) is 28.8 Å². The molecule has 0 radical (unpaired) electrons. The Bertz CT molecular complexity index is 611. The van der Waals surface area contributed by atoms with E-state index in [-0.39, 0.29) is 11.6 Å². The predicted octanol–water partition coefficient (Wildman–Crippen LogP) is 3.69. The van der Waals surface area contributed by atoms with Crippen molar-refractivity contribution in [3.63, 3.8) is 0 Å². The second-order valence-electron chi connectivity index (χ2n) is 4.39. The second-order valence-corrected chi connectivity index (χ2v) is 4.39. The molecule has 0 amide bonds. The molecule has 0 saturated heterocycles. The quantitative estimate of drug-likeness (QED) is 0.912. The number of ether oxygens (including phenoxy) is 1.